The third kappa shape index (κ3) is 3.15. The lowest BCUT2D eigenvalue weighted by Gasteiger charge is -2.23. The van der Waals surface area contributed by atoms with E-state index < -0.39 is 10.5 Å². The molecule has 0 fully saturated rings. The molecule has 18 heavy (non-hydrogen) atoms. The van der Waals surface area contributed by atoms with Crippen molar-refractivity contribution in [3.63, 3.8) is 0 Å². The molecule has 7 heteroatoms. The Kier molecular flexibility index (Phi) is 4.18. The van der Waals surface area contributed by atoms with Crippen LogP contribution in [0.1, 0.15) is 19.4 Å². The van der Waals surface area contributed by atoms with E-state index in [1.165, 1.54) is 12.3 Å². The minimum absolute atomic E-state index is 0.0206. The number of anilines is 1. The molecule has 0 aliphatic heterocycles. The summed E-state index contributed by atoms with van der Waals surface area (Å²) in [5.74, 6) is 0.0733. The maximum Gasteiger partial charge on any atom is 0.328 e. The van der Waals surface area contributed by atoms with Crippen LogP contribution < -0.4 is 5.32 Å². The molecule has 1 heterocycles. The molecule has 0 saturated carbocycles. The quantitative estimate of drug-likeness (QED) is 0.630. The Bertz CT molecular complexity index is 494. The van der Waals surface area contributed by atoms with Gasteiger partial charge in [-0.05, 0) is 19.9 Å². The zero-order valence-electron chi connectivity index (χ0n) is 10.4. The van der Waals surface area contributed by atoms with E-state index in [9.17, 15) is 10.1 Å². The van der Waals surface area contributed by atoms with E-state index in [1.54, 1.807) is 13.2 Å². The molecule has 0 atom stereocenters. The molecule has 1 aromatic heterocycles. The van der Waals surface area contributed by atoms with Gasteiger partial charge in [0, 0.05) is 19.9 Å². The van der Waals surface area contributed by atoms with Crippen LogP contribution in [-0.4, -0.2) is 29.2 Å². The van der Waals surface area contributed by atoms with Crippen LogP contribution in [0.3, 0.4) is 0 Å². The largest absolute Gasteiger partial charge is 0.377 e. The molecule has 0 radical (unpaired) electrons. The normalized spacial score (nSPS) is 10.8. The molecule has 0 amide bonds. The van der Waals surface area contributed by atoms with E-state index in [1.807, 2.05) is 13.8 Å². The summed E-state index contributed by atoms with van der Waals surface area (Å²) in [4.78, 5) is 14.2. The summed E-state index contributed by atoms with van der Waals surface area (Å²) in [6, 6.07) is 3.09. The molecular formula is C11H14N4O3. The highest BCUT2D eigenvalue weighted by Crippen LogP contribution is 2.26. The van der Waals surface area contributed by atoms with Gasteiger partial charge in [-0.2, -0.15) is 5.26 Å². The first-order chi connectivity index (χ1) is 8.41. The van der Waals surface area contributed by atoms with Gasteiger partial charge >= 0.3 is 5.69 Å². The van der Waals surface area contributed by atoms with Crippen molar-refractivity contribution < 1.29 is 9.66 Å². The standard InChI is InChI=1S/C11H14N4O3/c1-11(2,18-3)7-14-10-9(15(16)17)8(6-12)4-5-13-10/h4-5H,7H2,1-3H3,(H,13,14). The molecule has 1 N–H and O–H groups in total. The second-order valence-electron chi connectivity index (χ2n) is 4.24. The highest BCUT2D eigenvalue weighted by molar-refractivity contribution is 5.64. The van der Waals surface area contributed by atoms with Gasteiger partial charge in [-0.15, -0.1) is 0 Å². The van der Waals surface area contributed by atoms with E-state index in [0.29, 0.717) is 6.54 Å². The van der Waals surface area contributed by atoms with Crippen molar-refractivity contribution in [3.8, 4) is 6.07 Å². The third-order valence-electron chi connectivity index (χ3n) is 2.46. The Morgan fingerprint density at radius 1 is 1.67 bits per heavy atom. The molecule has 7 nitrogen and oxygen atoms in total. The predicted octanol–water partition coefficient (Wildman–Crippen LogP) is 1.70. The van der Waals surface area contributed by atoms with Crippen molar-refractivity contribution in [2.75, 3.05) is 19.0 Å². The SMILES string of the molecule is COC(C)(C)CNc1nccc(C#N)c1[N+](=O)[O-]. The summed E-state index contributed by atoms with van der Waals surface area (Å²) in [5, 5.41) is 22.6. The fourth-order valence-corrected chi connectivity index (χ4v) is 1.23. The third-order valence-corrected chi connectivity index (χ3v) is 2.46. The van der Waals surface area contributed by atoms with Crippen LogP contribution in [0, 0.1) is 21.4 Å². The number of nitriles is 1. The number of rotatable bonds is 5. The highest BCUT2D eigenvalue weighted by Gasteiger charge is 2.23. The van der Waals surface area contributed by atoms with Crippen molar-refractivity contribution in [1.82, 2.24) is 4.98 Å². The van der Waals surface area contributed by atoms with Gasteiger partial charge < -0.3 is 10.1 Å². The summed E-state index contributed by atoms with van der Waals surface area (Å²) in [5.41, 5.74) is -0.822. The fourth-order valence-electron chi connectivity index (χ4n) is 1.23. The van der Waals surface area contributed by atoms with E-state index in [2.05, 4.69) is 10.3 Å². The Labute approximate surface area is 105 Å². The first-order valence-corrected chi connectivity index (χ1v) is 5.24. The minimum atomic E-state index is -0.617. The number of methoxy groups -OCH3 is 1. The van der Waals surface area contributed by atoms with E-state index in [0.717, 1.165) is 0 Å². The van der Waals surface area contributed by atoms with Gasteiger partial charge in [-0.3, -0.25) is 10.1 Å². The molecule has 0 bridgehead atoms. The Hall–Kier alpha value is -2.20. The van der Waals surface area contributed by atoms with Crippen LogP contribution >= 0.6 is 0 Å². The average molecular weight is 250 g/mol. The number of nitro groups is 1. The molecule has 0 aliphatic carbocycles. The maximum atomic E-state index is 10.9. The molecular weight excluding hydrogens is 236 g/mol. The molecule has 96 valence electrons. The second kappa shape index (κ2) is 5.42. The van der Waals surface area contributed by atoms with Gasteiger partial charge in [0.2, 0.25) is 5.82 Å². The van der Waals surface area contributed by atoms with Crippen molar-refractivity contribution in [1.29, 1.82) is 5.26 Å². The molecule has 0 saturated heterocycles. The lowest BCUT2D eigenvalue weighted by Crippen LogP contribution is -2.32. The number of hydrogen-bond acceptors (Lipinski definition) is 6. The van der Waals surface area contributed by atoms with Crippen LogP contribution in [0.4, 0.5) is 11.5 Å². The van der Waals surface area contributed by atoms with Gasteiger partial charge in [-0.25, -0.2) is 4.98 Å². The molecule has 0 aromatic carbocycles. The van der Waals surface area contributed by atoms with Crippen LogP contribution in [0.5, 0.6) is 0 Å². The predicted molar refractivity (Wildman–Crippen MR) is 65.2 cm³/mol. The molecule has 1 aromatic rings. The number of nitrogens with one attached hydrogen (secondary N) is 1. The lowest BCUT2D eigenvalue weighted by molar-refractivity contribution is -0.384. The smallest absolute Gasteiger partial charge is 0.328 e. The molecule has 1 rings (SSSR count). The Morgan fingerprint density at radius 3 is 2.83 bits per heavy atom. The van der Waals surface area contributed by atoms with Crippen LogP contribution in [0.25, 0.3) is 0 Å². The van der Waals surface area contributed by atoms with Gasteiger partial charge in [0.25, 0.3) is 0 Å². The van der Waals surface area contributed by atoms with Gasteiger partial charge in [0.15, 0.2) is 0 Å². The summed E-state index contributed by atoms with van der Waals surface area (Å²) in [6.07, 6.45) is 1.35. The van der Waals surface area contributed by atoms with E-state index in [-0.39, 0.29) is 17.1 Å². The zero-order valence-corrected chi connectivity index (χ0v) is 10.4. The lowest BCUT2D eigenvalue weighted by atomic mass is 10.1. The summed E-state index contributed by atoms with van der Waals surface area (Å²) in [7, 11) is 1.55. The topological polar surface area (TPSA) is 101 Å². The second-order valence-corrected chi connectivity index (χ2v) is 4.24. The van der Waals surface area contributed by atoms with Crippen LogP contribution in [0.15, 0.2) is 12.3 Å². The molecule has 0 spiro atoms. The van der Waals surface area contributed by atoms with E-state index in [4.69, 9.17) is 10.00 Å². The first kappa shape index (κ1) is 13.9. The summed E-state index contributed by atoms with van der Waals surface area (Å²) < 4.78 is 5.19. The van der Waals surface area contributed by atoms with Crippen LogP contribution in [0.2, 0.25) is 0 Å². The monoisotopic (exact) mass is 250 g/mol. The number of hydrogen-bond donors (Lipinski definition) is 1. The molecule has 0 aliphatic rings. The maximum absolute atomic E-state index is 10.9. The number of aromatic nitrogens is 1. The summed E-state index contributed by atoms with van der Waals surface area (Å²) in [6.45, 7) is 4.01. The van der Waals surface area contributed by atoms with Crippen LogP contribution in [-0.2, 0) is 4.74 Å². The zero-order chi connectivity index (χ0) is 13.8. The van der Waals surface area contributed by atoms with Crippen molar-refractivity contribution >= 4 is 11.5 Å². The highest BCUT2D eigenvalue weighted by atomic mass is 16.6. The number of nitrogens with zero attached hydrogens (tertiary/aromatic N) is 3. The van der Waals surface area contributed by atoms with Gasteiger partial charge in [0.05, 0.1) is 10.5 Å². The van der Waals surface area contributed by atoms with Crippen molar-refractivity contribution in [3.05, 3.63) is 27.9 Å². The molecule has 0 unspecified atom stereocenters. The number of ether oxygens (including phenoxy) is 1. The van der Waals surface area contributed by atoms with Crippen molar-refractivity contribution in [2.45, 2.75) is 19.4 Å². The van der Waals surface area contributed by atoms with Crippen molar-refractivity contribution in [2.24, 2.45) is 0 Å². The Morgan fingerprint density at radius 2 is 2.33 bits per heavy atom. The number of pyridine rings is 1. The van der Waals surface area contributed by atoms with Gasteiger partial charge in [0.1, 0.15) is 11.6 Å². The average Bonchev–Trinajstić information content (AvgIpc) is 2.35. The van der Waals surface area contributed by atoms with Gasteiger partial charge in [-0.1, -0.05) is 0 Å². The summed E-state index contributed by atoms with van der Waals surface area (Å²) >= 11 is 0. The van der Waals surface area contributed by atoms with E-state index >= 15 is 0 Å². The minimum Gasteiger partial charge on any atom is -0.377 e. The first-order valence-electron chi connectivity index (χ1n) is 5.24. The fraction of sp³-hybridized carbons (Fsp3) is 0.455. The Balaban J connectivity index is 3.03.